The maximum Gasteiger partial charge on any atom is 0.237 e. The third kappa shape index (κ3) is 3.80. The van der Waals surface area contributed by atoms with Gasteiger partial charge in [0.15, 0.2) is 0 Å². The van der Waals surface area contributed by atoms with Gasteiger partial charge in [-0.05, 0) is 31.6 Å². The summed E-state index contributed by atoms with van der Waals surface area (Å²) >= 11 is 0. The van der Waals surface area contributed by atoms with Crippen LogP contribution < -0.4 is 11.1 Å². The molecule has 1 rings (SSSR count). The predicted molar refractivity (Wildman–Crippen MR) is 59.2 cm³/mol. The molecule has 15 heavy (non-hydrogen) atoms. The van der Waals surface area contributed by atoms with E-state index in [1.165, 1.54) is 0 Å². The van der Waals surface area contributed by atoms with Gasteiger partial charge in [-0.2, -0.15) is 0 Å². The van der Waals surface area contributed by atoms with Gasteiger partial charge in [-0.3, -0.25) is 4.79 Å². The van der Waals surface area contributed by atoms with E-state index in [1.54, 1.807) is 0 Å². The fraction of sp³-hybridized carbons (Fsp3) is 0.909. The average molecular weight is 214 g/mol. The van der Waals surface area contributed by atoms with Gasteiger partial charge < -0.3 is 16.2 Å². The van der Waals surface area contributed by atoms with Crippen molar-refractivity contribution in [3.8, 4) is 0 Å². The second-order valence-corrected chi connectivity index (χ2v) is 4.80. The first-order chi connectivity index (χ1) is 7.00. The molecule has 1 fully saturated rings. The molecule has 2 unspecified atom stereocenters. The summed E-state index contributed by atoms with van der Waals surface area (Å²) in [6.07, 6.45) is 3.18. The molecule has 0 radical (unpaired) electrons. The van der Waals surface area contributed by atoms with Crippen LogP contribution in [0.5, 0.6) is 0 Å². The second kappa shape index (κ2) is 5.47. The molecule has 1 saturated carbocycles. The maximum atomic E-state index is 11.6. The van der Waals surface area contributed by atoms with Gasteiger partial charge in [0.2, 0.25) is 5.91 Å². The van der Waals surface area contributed by atoms with Crippen molar-refractivity contribution in [3.63, 3.8) is 0 Å². The van der Waals surface area contributed by atoms with E-state index < -0.39 is 6.04 Å². The molecule has 3 atom stereocenters. The Morgan fingerprint density at radius 1 is 1.47 bits per heavy atom. The van der Waals surface area contributed by atoms with Gasteiger partial charge >= 0.3 is 0 Å². The fourth-order valence-electron chi connectivity index (χ4n) is 1.90. The zero-order chi connectivity index (χ0) is 11.4. The Kier molecular flexibility index (Phi) is 4.54. The third-order valence-electron chi connectivity index (χ3n) is 3.01. The van der Waals surface area contributed by atoms with Crippen LogP contribution in [0.4, 0.5) is 0 Å². The molecule has 0 aromatic heterocycles. The number of aliphatic hydroxyl groups is 1. The highest BCUT2D eigenvalue weighted by Crippen LogP contribution is 2.18. The fourth-order valence-corrected chi connectivity index (χ4v) is 1.90. The monoisotopic (exact) mass is 214 g/mol. The molecule has 4 nitrogen and oxygen atoms in total. The average Bonchev–Trinajstić information content (AvgIpc) is 2.16. The van der Waals surface area contributed by atoms with Gasteiger partial charge in [0.1, 0.15) is 0 Å². The Morgan fingerprint density at radius 2 is 2.13 bits per heavy atom. The standard InChI is InChI=1S/C11H22N2O2/c1-7(2)10(12)11(15)13-8-4-3-5-9(14)6-8/h7-10,14H,3-6,12H2,1-2H3,(H,13,15)/t8?,9?,10-/m1/s1. The predicted octanol–water partition coefficient (Wildman–Crippen LogP) is 0.389. The minimum Gasteiger partial charge on any atom is -0.393 e. The largest absolute Gasteiger partial charge is 0.393 e. The highest BCUT2D eigenvalue weighted by Gasteiger charge is 2.24. The summed E-state index contributed by atoms with van der Waals surface area (Å²) < 4.78 is 0. The Hall–Kier alpha value is -0.610. The quantitative estimate of drug-likeness (QED) is 0.636. The van der Waals surface area contributed by atoms with Crippen LogP contribution in [-0.2, 0) is 4.79 Å². The number of amides is 1. The smallest absolute Gasteiger partial charge is 0.237 e. The molecule has 4 heteroatoms. The zero-order valence-electron chi connectivity index (χ0n) is 9.57. The van der Waals surface area contributed by atoms with Gasteiger partial charge in [-0.15, -0.1) is 0 Å². The summed E-state index contributed by atoms with van der Waals surface area (Å²) in [7, 11) is 0. The van der Waals surface area contributed by atoms with Crippen LogP contribution in [0.25, 0.3) is 0 Å². The molecule has 0 spiro atoms. The number of carbonyl (C=O) groups excluding carboxylic acids is 1. The van der Waals surface area contributed by atoms with E-state index in [1.807, 2.05) is 13.8 Å². The van der Waals surface area contributed by atoms with Crippen molar-refractivity contribution in [3.05, 3.63) is 0 Å². The summed E-state index contributed by atoms with van der Waals surface area (Å²) in [6.45, 7) is 3.86. The van der Waals surface area contributed by atoms with Gasteiger partial charge in [0.25, 0.3) is 0 Å². The van der Waals surface area contributed by atoms with Gasteiger partial charge in [-0.25, -0.2) is 0 Å². The topological polar surface area (TPSA) is 75.4 Å². The SMILES string of the molecule is CC(C)[C@@H](N)C(=O)NC1CCCC(O)C1. The minimum absolute atomic E-state index is 0.0934. The number of rotatable bonds is 3. The van der Waals surface area contributed by atoms with Crippen molar-refractivity contribution in [2.24, 2.45) is 11.7 Å². The van der Waals surface area contributed by atoms with Gasteiger partial charge in [0, 0.05) is 6.04 Å². The minimum atomic E-state index is -0.441. The number of carbonyl (C=O) groups is 1. The van der Waals surface area contributed by atoms with Gasteiger partial charge in [0.05, 0.1) is 12.1 Å². The van der Waals surface area contributed by atoms with E-state index in [0.717, 1.165) is 19.3 Å². The van der Waals surface area contributed by atoms with E-state index in [4.69, 9.17) is 5.73 Å². The van der Waals surface area contributed by atoms with Crippen molar-refractivity contribution >= 4 is 5.91 Å². The van der Waals surface area contributed by atoms with Crippen LogP contribution in [0.15, 0.2) is 0 Å². The lowest BCUT2D eigenvalue weighted by Crippen LogP contribution is -2.49. The molecule has 0 aromatic carbocycles. The third-order valence-corrected chi connectivity index (χ3v) is 3.01. The molecule has 0 saturated heterocycles. The molecule has 1 aliphatic carbocycles. The van der Waals surface area contributed by atoms with Crippen LogP contribution >= 0.6 is 0 Å². The highest BCUT2D eigenvalue weighted by atomic mass is 16.3. The maximum absolute atomic E-state index is 11.6. The number of hydrogen-bond donors (Lipinski definition) is 3. The van der Waals surface area contributed by atoms with Crippen LogP contribution in [0.1, 0.15) is 39.5 Å². The lowest BCUT2D eigenvalue weighted by Gasteiger charge is -2.28. The number of hydrogen-bond acceptors (Lipinski definition) is 3. The van der Waals surface area contributed by atoms with E-state index in [9.17, 15) is 9.90 Å². The van der Waals surface area contributed by atoms with E-state index in [2.05, 4.69) is 5.32 Å². The van der Waals surface area contributed by atoms with Crippen LogP contribution in [0, 0.1) is 5.92 Å². The molecule has 88 valence electrons. The summed E-state index contributed by atoms with van der Waals surface area (Å²) in [4.78, 5) is 11.6. The summed E-state index contributed by atoms with van der Waals surface area (Å²) in [5.74, 6) is 0.0580. The van der Waals surface area contributed by atoms with E-state index in [0.29, 0.717) is 6.42 Å². The summed E-state index contributed by atoms with van der Waals surface area (Å²) in [5.41, 5.74) is 5.74. The van der Waals surface area contributed by atoms with Crippen LogP contribution in [0.3, 0.4) is 0 Å². The van der Waals surface area contributed by atoms with Crippen LogP contribution in [-0.4, -0.2) is 29.2 Å². The lowest BCUT2D eigenvalue weighted by molar-refractivity contribution is -0.124. The van der Waals surface area contributed by atoms with Crippen molar-refractivity contribution in [2.75, 3.05) is 0 Å². The Labute approximate surface area is 91.2 Å². The molecule has 0 bridgehead atoms. The highest BCUT2D eigenvalue weighted by molar-refractivity contribution is 5.82. The number of nitrogens with two attached hydrogens (primary N) is 1. The molecule has 0 heterocycles. The Morgan fingerprint density at radius 3 is 2.67 bits per heavy atom. The van der Waals surface area contributed by atoms with Crippen molar-refractivity contribution in [1.82, 2.24) is 5.32 Å². The summed E-state index contributed by atoms with van der Waals surface area (Å²) in [6, 6.07) is -0.338. The zero-order valence-corrected chi connectivity index (χ0v) is 9.57. The summed E-state index contributed by atoms with van der Waals surface area (Å²) in [5, 5.41) is 12.4. The molecular weight excluding hydrogens is 192 g/mol. The Bertz CT molecular complexity index is 219. The van der Waals surface area contributed by atoms with Crippen molar-refractivity contribution in [1.29, 1.82) is 0 Å². The Balaban J connectivity index is 2.37. The van der Waals surface area contributed by atoms with E-state index >= 15 is 0 Å². The molecule has 1 amide bonds. The first-order valence-electron chi connectivity index (χ1n) is 5.74. The second-order valence-electron chi connectivity index (χ2n) is 4.80. The van der Waals surface area contributed by atoms with Crippen LogP contribution in [0.2, 0.25) is 0 Å². The van der Waals surface area contributed by atoms with Crippen molar-refractivity contribution < 1.29 is 9.90 Å². The molecule has 0 aromatic rings. The van der Waals surface area contributed by atoms with Gasteiger partial charge in [-0.1, -0.05) is 13.8 Å². The number of nitrogens with one attached hydrogen (secondary N) is 1. The van der Waals surface area contributed by atoms with E-state index in [-0.39, 0.29) is 24.0 Å². The molecule has 4 N–H and O–H groups in total. The molecule has 0 aliphatic heterocycles. The number of aliphatic hydroxyl groups excluding tert-OH is 1. The normalized spacial score (nSPS) is 28.9. The molecular formula is C11H22N2O2. The lowest BCUT2D eigenvalue weighted by atomic mass is 9.92. The van der Waals surface area contributed by atoms with Crippen molar-refractivity contribution in [2.45, 2.75) is 57.7 Å². The first-order valence-corrected chi connectivity index (χ1v) is 5.74. The first kappa shape index (κ1) is 12.5. The molecule has 1 aliphatic rings.